The highest BCUT2D eigenvalue weighted by Crippen LogP contribution is 2.23. The maximum absolute atomic E-state index is 6.05. The van der Waals surface area contributed by atoms with Crippen molar-refractivity contribution in [1.29, 1.82) is 0 Å². The Morgan fingerprint density at radius 2 is 2.09 bits per heavy atom. The largest absolute Gasteiger partial charge is 0.351 e. The number of aromatic nitrogens is 1. The number of nitrogens with one attached hydrogen (secondary N) is 1. The summed E-state index contributed by atoms with van der Waals surface area (Å²) in [4.78, 5) is 11.8. The maximum Gasteiger partial charge on any atom is 0.193 e. The molecule has 0 radical (unpaired) electrons. The minimum atomic E-state index is 0. The SMILES string of the molecule is CN=C(NCc1cnc(C)s1)N(C)Cc1ccc(Cl)c(Cl)c1.I. The van der Waals surface area contributed by atoms with Crippen molar-refractivity contribution in [3.63, 3.8) is 0 Å². The van der Waals surface area contributed by atoms with Crippen molar-refractivity contribution in [2.24, 2.45) is 4.99 Å². The third kappa shape index (κ3) is 6.10. The monoisotopic (exact) mass is 484 g/mol. The molecule has 1 aromatic heterocycles. The molecule has 0 saturated heterocycles. The van der Waals surface area contributed by atoms with Gasteiger partial charge in [-0.15, -0.1) is 35.3 Å². The zero-order valence-corrected chi connectivity index (χ0v) is 17.8. The molecule has 1 aromatic carbocycles. The van der Waals surface area contributed by atoms with E-state index >= 15 is 0 Å². The van der Waals surface area contributed by atoms with Crippen LogP contribution >= 0.6 is 58.5 Å². The summed E-state index contributed by atoms with van der Waals surface area (Å²) in [6, 6.07) is 5.65. The van der Waals surface area contributed by atoms with Gasteiger partial charge >= 0.3 is 0 Å². The van der Waals surface area contributed by atoms with E-state index in [0.29, 0.717) is 23.1 Å². The molecule has 0 saturated carbocycles. The molecule has 0 aliphatic carbocycles. The Balaban J connectivity index is 0.00000264. The normalized spacial score (nSPS) is 11.1. The highest BCUT2D eigenvalue weighted by atomic mass is 127. The van der Waals surface area contributed by atoms with Crippen LogP contribution in [0.2, 0.25) is 10.0 Å². The summed E-state index contributed by atoms with van der Waals surface area (Å²) in [7, 11) is 3.75. The molecule has 23 heavy (non-hydrogen) atoms. The number of hydrogen-bond acceptors (Lipinski definition) is 3. The molecule has 0 unspecified atom stereocenters. The molecule has 126 valence electrons. The third-order valence-electron chi connectivity index (χ3n) is 3.07. The van der Waals surface area contributed by atoms with Crippen molar-refractivity contribution >= 4 is 64.5 Å². The van der Waals surface area contributed by atoms with Crippen LogP contribution in [0.3, 0.4) is 0 Å². The Kier molecular flexibility index (Phi) is 8.60. The molecule has 1 N–H and O–H groups in total. The van der Waals surface area contributed by atoms with E-state index in [9.17, 15) is 0 Å². The van der Waals surface area contributed by atoms with Gasteiger partial charge in [0.25, 0.3) is 0 Å². The van der Waals surface area contributed by atoms with Crippen LogP contribution < -0.4 is 5.32 Å². The fraction of sp³-hybridized carbons (Fsp3) is 0.333. The topological polar surface area (TPSA) is 40.5 Å². The third-order valence-corrected chi connectivity index (χ3v) is 4.72. The average molecular weight is 485 g/mol. The molecule has 0 spiro atoms. The van der Waals surface area contributed by atoms with Crippen molar-refractivity contribution in [3.8, 4) is 0 Å². The standard InChI is InChI=1S/C15H18Cl2N4S.HI/c1-10-19-7-12(22-10)8-20-15(18-2)21(3)9-11-4-5-13(16)14(17)6-11;/h4-7H,8-9H2,1-3H3,(H,18,20);1H. The smallest absolute Gasteiger partial charge is 0.193 e. The van der Waals surface area contributed by atoms with E-state index in [-0.39, 0.29) is 24.0 Å². The first kappa shape index (κ1) is 20.5. The number of aryl methyl sites for hydroxylation is 1. The number of nitrogens with zero attached hydrogens (tertiary/aromatic N) is 3. The molecule has 1 heterocycles. The van der Waals surface area contributed by atoms with E-state index in [4.69, 9.17) is 23.2 Å². The average Bonchev–Trinajstić information content (AvgIpc) is 2.89. The van der Waals surface area contributed by atoms with Gasteiger partial charge < -0.3 is 10.2 Å². The lowest BCUT2D eigenvalue weighted by atomic mass is 10.2. The van der Waals surface area contributed by atoms with Crippen LogP contribution in [0.5, 0.6) is 0 Å². The zero-order chi connectivity index (χ0) is 16.1. The molecular weight excluding hydrogens is 466 g/mol. The molecule has 0 fully saturated rings. The van der Waals surface area contributed by atoms with E-state index in [2.05, 4.69) is 15.3 Å². The summed E-state index contributed by atoms with van der Waals surface area (Å²) in [5, 5.41) is 5.53. The molecule has 0 aliphatic rings. The first-order chi connectivity index (χ1) is 10.5. The Labute approximate surface area is 167 Å². The molecule has 0 aliphatic heterocycles. The van der Waals surface area contributed by atoms with Crippen LogP contribution in [0, 0.1) is 6.92 Å². The number of benzene rings is 1. The van der Waals surface area contributed by atoms with E-state index in [1.54, 1.807) is 18.4 Å². The second-order valence-electron chi connectivity index (χ2n) is 4.85. The predicted octanol–water partition coefficient (Wildman–Crippen LogP) is 4.58. The van der Waals surface area contributed by atoms with Crippen LogP contribution in [0.15, 0.2) is 29.4 Å². The zero-order valence-electron chi connectivity index (χ0n) is 13.1. The van der Waals surface area contributed by atoms with Gasteiger partial charge in [0.2, 0.25) is 0 Å². The van der Waals surface area contributed by atoms with Crippen molar-refractivity contribution in [2.45, 2.75) is 20.0 Å². The molecule has 2 aromatic rings. The minimum absolute atomic E-state index is 0. The van der Waals surface area contributed by atoms with Crippen molar-refractivity contribution < 1.29 is 0 Å². The first-order valence-electron chi connectivity index (χ1n) is 6.76. The summed E-state index contributed by atoms with van der Waals surface area (Å²) in [6.07, 6.45) is 1.89. The molecule has 0 bridgehead atoms. The number of halogens is 3. The number of guanidine groups is 1. The molecule has 4 nitrogen and oxygen atoms in total. The molecule has 0 atom stereocenters. The number of aliphatic imine (C=N–C) groups is 1. The maximum atomic E-state index is 6.05. The van der Waals surface area contributed by atoms with Gasteiger partial charge in [-0.2, -0.15) is 0 Å². The van der Waals surface area contributed by atoms with Crippen molar-refractivity contribution in [3.05, 3.63) is 49.9 Å². The van der Waals surface area contributed by atoms with Crippen LogP contribution in [-0.2, 0) is 13.1 Å². The van der Waals surface area contributed by atoms with E-state index < -0.39 is 0 Å². The van der Waals surface area contributed by atoms with Gasteiger partial charge in [-0.05, 0) is 24.6 Å². The quantitative estimate of drug-likeness (QED) is 0.392. The summed E-state index contributed by atoms with van der Waals surface area (Å²) < 4.78 is 0. The Morgan fingerprint density at radius 3 is 2.65 bits per heavy atom. The fourth-order valence-electron chi connectivity index (χ4n) is 2.02. The second-order valence-corrected chi connectivity index (χ2v) is 6.98. The van der Waals surface area contributed by atoms with E-state index in [1.807, 2.05) is 43.3 Å². The van der Waals surface area contributed by atoms with Gasteiger partial charge in [0.05, 0.1) is 21.6 Å². The predicted molar refractivity (Wildman–Crippen MR) is 110 cm³/mol. The van der Waals surface area contributed by atoms with Gasteiger partial charge in [0.15, 0.2) is 5.96 Å². The van der Waals surface area contributed by atoms with Crippen LogP contribution in [0.25, 0.3) is 0 Å². The van der Waals surface area contributed by atoms with Gasteiger partial charge in [-0.25, -0.2) is 4.98 Å². The fourth-order valence-corrected chi connectivity index (χ4v) is 3.08. The Bertz CT molecular complexity index is 675. The molecule has 2 rings (SSSR count). The Hall–Kier alpha value is -0.570. The van der Waals surface area contributed by atoms with Crippen LogP contribution in [-0.4, -0.2) is 29.9 Å². The molecular formula is C15H19Cl2IN4S. The lowest BCUT2D eigenvalue weighted by molar-refractivity contribution is 0.477. The van der Waals surface area contributed by atoms with Crippen LogP contribution in [0.1, 0.15) is 15.4 Å². The van der Waals surface area contributed by atoms with Gasteiger partial charge in [0, 0.05) is 31.7 Å². The summed E-state index contributed by atoms with van der Waals surface area (Å²) >= 11 is 13.7. The summed E-state index contributed by atoms with van der Waals surface area (Å²) in [5.41, 5.74) is 1.08. The number of hydrogen-bond donors (Lipinski definition) is 1. The van der Waals surface area contributed by atoms with E-state index in [0.717, 1.165) is 16.5 Å². The highest BCUT2D eigenvalue weighted by molar-refractivity contribution is 14.0. The second kappa shape index (κ2) is 9.66. The lowest BCUT2D eigenvalue weighted by Crippen LogP contribution is -2.37. The van der Waals surface area contributed by atoms with Crippen LogP contribution in [0.4, 0.5) is 0 Å². The molecule has 0 amide bonds. The van der Waals surface area contributed by atoms with Gasteiger partial charge in [-0.3, -0.25) is 4.99 Å². The number of thiazole rings is 1. The first-order valence-corrected chi connectivity index (χ1v) is 8.34. The number of rotatable bonds is 4. The molecule has 8 heteroatoms. The lowest BCUT2D eigenvalue weighted by Gasteiger charge is -2.22. The van der Waals surface area contributed by atoms with Crippen molar-refractivity contribution in [1.82, 2.24) is 15.2 Å². The van der Waals surface area contributed by atoms with Gasteiger partial charge in [0.1, 0.15) is 0 Å². The van der Waals surface area contributed by atoms with Gasteiger partial charge in [-0.1, -0.05) is 29.3 Å². The van der Waals surface area contributed by atoms with E-state index in [1.165, 1.54) is 4.88 Å². The summed E-state index contributed by atoms with van der Waals surface area (Å²) in [5.74, 6) is 0.817. The highest BCUT2D eigenvalue weighted by Gasteiger charge is 2.08. The minimum Gasteiger partial charge on any atom is -0.351 e. The summed E-state index contributed by atoms with van der Waals surface area (Å²) in [6.45, 7) is 3.40. The Morgan fingerprint density at radius 1 is 1.35 bits per heavy atom. The van der Waals surface area contributed by atoms with Crippen molar-refractivity contribution in [2.75, 3.05) is 14.1 Å².